The van der Waals surface area contributed by atoms with Crippen LogP contribution in [0.3, 0.4) is 0 Å². The first kappa shape index (κ1) is 26.0. The van der Waals surface area contributed by atoms with Gasteiger partial charge < -0.3 is 10.1 Å². The maximum absolute atomic E-state index is 12.7. The summed E-state index contributed by atoms with van der Waals surface area (Å²) in [6, 6.07) is 29.9. The molecule has 0 aliphatic carbocycles. The highest BCUT2D eigenvalue weighted by atomic mass is 16.5. The molecule has 190 valence electrons. The van der Waals surface area contributed by atoms with Crippen LogP contribution in [0.25, 0.3) is 12.2 Å². The highest BCUT2D eigenvalue weighted by molar-refractivity contribution is 5.83. The van der Waals surface area contributed by atoms with Gasteiger partial charge in [0.15, 0.2) is 6.61 Å². The zero-order valence-corrected chi connectivity index (χ0v) is 20.7. The van der Waals surface area contributed by atoms with E-state index < -0.39 is 6.04 Å². The molecule has 0 spiro atoms. The average molecular weight is 505 g/mol. The first-order valence-corrected chi connectivity index (χ1v) is 12.2. The summed E-state index contributed by atoms with van der Waals surface area (Å²) < 4.78 is 5.68. The lowest BCUT2D eigenvalue weighted by molar-refractivity contribution is -0.125. The van der Waals surface area contributed by atoms with Crippen LogP contribution in [0.4, 0.5) is 0 Å². The number of carbonyl (C=O) groups excluding carboxylic acids is 2. The van der Waals surface area contributed by atoms with Gasteiger partial charge in [0.05, 0.1) is 18.7 Å². The number of ether oxygens (including phenoxy) is 1. The van der Waals surface area contributed by atoms with E-state index in [1.165, 1.54) is 6.21 Å². The fourth-order valence-electron chi connectivity index (χ4n) is 3.61. The first-order chi connectivity index (χ1) is 18.7. The molecule has 0 aliphatic rings. The number of nitrogens with one attached hydrogen (secondary N) is 2. The van der Waals surface area contributed by atoms with E-state index in [1.807, 2.05) is 97.1 Å². The van der Waals surface area contributed by atoms with Crippen molar-refractivity contribution in [2.45, 2.75) is 12.5 Å². The molecular weight excluding hydrogens is 476 g/mol. The van der Waals surface area contributed by atoms with E-state index in [0.717, 1.165) is 22.3 Å². The second kappa shape index (κ2) is 13.9. The van der Waals surface area contributed by atoms with Gasteiger partial charge in [-0.25, -0.2) is 5.43 Å². The molecule has 1 unspecified atom stereocenters. The maximum atomic E-state index is 12.7. The highest BCUT2D eigenvalue weighted by Gasteiger charge is 2.18. The second-order valence-corrected chi connectivity index (χ2v) is 8.41. The van der Waals surface area contributed by atoms with E-state index in [2.05, 4.69) is 20.8 Å². The predicted octanol–water partition coefficient (Wildman–Crippen LogP) is 5.03. The minimum atomic E-state index is -0.533. The van der Waals surface area contributed by atoms with Crippen molar-refractivity contribution in [3.63, 3.8) is 0 Å². The Bertz CT molecular complexity index is 1360. The van der Waals surface area contributed by atoms with Crippen molar-refractivity contribution in [1.29, 1.82) is 0 Å². The van der Waals surface area contributed by atoms with E-state index in [1.54, 1.807) is 24.5 Å². The Kier molecular flexibility index (Phi) is 9.52. The van der Waals surface area contributed by atoms with Gasteiger partial charge in [-0.05, 0) is 46.5 Å². The van der Waals surface area contributed by atoms with Crippen LogP contribution in [0.15, 0.2) is 115 Å². The molecule has 1 atom stereocenters. The van der Waals surface area contributed by atoms with Crippen LogP contribution in [-0.4, -0.2) is 29.6 Å². The van der Waals surface area contributed by atoms with Gasteiger partial charge in [0, 0.05) is 12.4 Å². The van der Waals surface area contributed by atoms with Crippen molar-refractivity contribution in [1.82, 2.24) is 15.7 Å². The highest BCUT2D eigenvalue weighted by Crippen LogP contribution is 2.18. The van der Waals surface area contributed by atoms with Crippen molar-refractivity contribution < 1.29 is 14.3 Å². The molecular formula is C31H28N4O3. The molecule has 2 amide bonds. The summed E-state index contributed by atoms with van der Waals surface area (Å²) in [5, 5.41) is 6.88. The van der Waals surface area contributed by atoms with Gasteiger partial charge in [0.25, 0.3) is 5.91 Å². The van der Waals surface area contributed by atoms with Gasteiger partial charge in [-0.3, -0.25) is 14.6 Å². The minimum absolute atomic E-state index is 0.0197. The summed E-state index contributed by atoms with van der Waals surface area (Å²) in [5.41, 5.74) is 6.27. The van der Waals surface area contributed by atoms with E-state index >= 15 is 0 Å². The molecule has 7 nitrogen and oxygen atoms in total. The summed E-state index contributed by atoms with van der Waals surface area (Å²) in [6.07, 6.45) is 8.89. The monoisotopic (exact) mass is 504 g/mol. The molecule has 0 saturated carbocycles. The quantitative estimate of drug-likeness (QED) is 0.170. The number of benzene rings is 3. The fourth-order valence-corrected chi connectivity index (χ4v) is 3.61. The third kappa shape index (κ3) is 8.57. The number of pyridine rings is 1. The number of carbonyl (C=O) groups is 2. The molecule has 0 radical (unpaired) electrons. The standard InChI is InChI=1S/C31H28N4O3/c36-30(35-33-22-26-17-19-32-20-18-26)21-29(27-9-5-2-6-10-27)34-31(37)23-38-28-15-13-25(14-16-28)12-11-24-7-3-1-4-8-24/h1-20,22,29H,21,23H2,(H,34,37)(H,35,36)/b12-11+,33-22+. The van der Waals surface area contributed by atoms with Crippen LogP contribution in [-0.2, 0) is 9.59 Å². The molecule has 7 heteroatoms. The molecule has 1 heterocycles. The molecule has 4 rings (SSSR count). The van der Waals surface area contributed by atoms with Crippen molar-refractivity contribution in [3.05, 3.63) is 132 Å². The molecule has 0 aliphatic heterocycles. The summed E-state index contributed by atoms with van der Waals surface area (Å²) in [5.74, 6) is -0.0824. The second-order valence-electron chi connectivity index (χ2n) is 8.41. The Hall–Kier alpha value is -5.04. The fraction of sp³-hybridized carbons (Fsp3) is 0.0968. The molecule has 1 aromatic heterocycles. The van der Waals surface area contributed by atoms with Crippen LogP contribution < -0.4 is 15.5 Å². The van der Waals surface area contributed by atoms with Gasteiger partial charge in [-0.1, -0.05) is 84.9 Å². The van der Waals surface area contributed by atoms with Crippen molar-refractivity contribution >= 4 is 30.2 Å². The van der Waals surface area contributed by atoms with Gasteiger partial charge in [-0.2, -0.15) is 5.10 Å². The summed E-state index contributed by atoms with van der Waals surface area (Å²) >= 11 is 0. The van der Waals surface area contributed by atoms with Gasteiger partial charge in [0.1, 0.15) is 5.75 Å². The van der Waals surface area contributed by atoms with Gasteiger partial charge in [0.2, 0.25) is 5.91 Å². The van der Waals surface area contributed by atoms with Crippen LogP contribution in [0, 0.1) is 0 Å². The number of amides is 2. The normalized spacial score (nSPS) is 11.8. The summed E-state index contributed by atoms with van der Waals surface area (Å²) in [6.45, 7) is -0.176. The van der Waals surface area contributed by atoms with E-state index in [9.17, 15) is 9.59 Å². The molecule has 3 aromatic carbocycles. The van der Waals surface area contributed by atoms with Crippen molar-refractivity contribution in [3.8, 4) is 5.75 Å². The number of hydrogen-bond acceptors (Lipinski definition) is 5. The molecule has 0 bridgehead atoms. The van der Waals surface area contributed by atoms with Crippen LogP contribution in [0.1, 0.15) is 34.7 Å². The molecule has 0 saturated heterocycles. The maximum Gasteiger partial charge on any atom is 0.258 e. The SMILES string of the molecule is O=C(CC(NC(=O)COc1ccc(/C=C/c2ccccc2)cc1)c1ccccc1)N/N=C/c1ccncc1. The Labute approximate surface area is 221 Å². The molecule has 0 fully saturated rings. The average Bonchev–Trinajstić information content (AvgIpc) is 2.97. The van der Waals surface area contributed by atoms with Crippen LogP contribution in [0.2, 0.25) is 0 Å². The smallest absolute Gasteiger partial charge is 0.258 e. The summed E-state index contributed by atoms with van der Waals surface area (Å²) in [4.78, 5) is 29.2. The minimum Gasteiger partial charge on any atom is -0.484 e. The Morgan fingerprint density at radius 1 is 0.763 bits per heavy atom. The van der Waals surface area contributed by atoms with Gasteiger partial charge >= 0.3 is 0 Å². The van der Waals surface area contributed by atoms with E-state index in [0.29, 0.717) is 5.75 Å². The lowest BCUT2D eigenvalue weighted by Gasteiger charge is -2.18. The molecule has 2 N–H and O–H groups in total. The van der Waals surface area contributed by atoms with Crippen LogP contribution in [0.5, 0.6) is 5.75 Å². The zero-order valence-electron chi connectivity index (χ0n) is 20.7. The van der Waals surface area contributed by atoms with Crippen molar-refractivity contribution in [2.75, 3.05) is 6.61 Å². The Morgan fingerprint density at radius 3 is 2.08 bits per heavy atom. The number of hydrogen-bond donors (Lipinski definition) is 2. The van der Waals surface area contributed by atoms with Gasteiger partial charge in [-0.15, -0.1) is 0 Å². The van der Waals surface area contributed by atoms with E-state index in [-0.39, 0.29) is 24.8 Å². The Balaban J connectivity index is 1.30. The number of nitrogens with zero attached hydrogens (tertiary/aromatic N) is 2. The molecule has 38 heavy (non-hydrogen) atoms. The van der Waals surface area contributed by atoms with Crippen LogP contribution >= 0.6 is 0 Å². The molecule has 4 aromatic rings. The lowest BCUT2D eigenvalue weighted by Crippen LogP contribution is -2.35. The topological polar surface area (TPSA) is 92.7 Å². The summed E-state index contributed by atoms with van der Waals surface area (Å²) in [7, 11) is 0. The third-order valence-corrected chi connectivity index (χ3v) is 5.55. The number of hydrazone groups is 1. The number of aromatic nitrogens is 1. The largest absolute Gasteiger partial charge is 0.484 e. The predicted molar refractivity (Wildman–Crippen MR) is 149 cm³/mol. The number of rotatable bonds is 11. The zero-order chi connectivity index (χ0) is 26.4. The first-order valence-electron chi connectivity index (χ1n) is 12.2. The lowest BCUT2D eigenvalue weighted by atomic mass is 10.0. The Morgan fingerprint density at radius 2 is 1.39 bits per heavy atom. The van der Waals surface area contributed by atoms with Crippen molar-refractivity contribution in [2.24, 2.45) is 5.10 Å². The third-order valence-electron chi connectivity index (χ3n) is 5.55. The van der Waals surface area contributed by atoms with E-state index in [4.69, 9.17) is 4.74 Å².